The highest BCUT2D eigenvalue weighted by atomic mass is 16.5. The molecule has 15 heavy (non-hydrogen) atoms. The van der Waals surface area contributed by atoms with Crippen LogP contribution >= 0.6 is 0 Å². The first-order chi connectivity index (χ1) is 7.26. The zero-order chi connectivity index (χ0) is 11.1. The zero-order valence-corrected chi connectivity index (χ0v) is 9.07. The van der Waals surface area contributed by atoms with E-state index < -0.39 is 0 Å². The van der Waals surface area contributed by atoms with Crippen LogP contribution in [0.1, 0.15) is 6.92 Å². The van der Waals surface area contributed by atoms with Gasteiger partial charge in [0.2, 0.25) is 0 Å². The van der Waals surface area contributed by atoms with Crippen molar-refractivity contribution in [1.82, 2.24) is 0 Å². The van der Waals surface area contributed by atoms with Crippen molar-refractivity contribution in [2.75, 3.05) is 25.0 Å². The van der Waals surface area contributed by atoms with E-state index in [0.717, 1.165) is 11.4 Å². The molecule has 0 saturated carbocycles. The fourth-order valence-electron chi connectivity index (χ4n) is 1.17. The number of hydrogen-bond donors (Lipinski definition) is 3. The number of rotatable bonds is 6. The Kier molecular flexibility index (Phi) is 4.93. The van der Waals surface area contributed by atoms with Crippen molar-refractivity contribution in [2.24, 2.45) is 11.5 Å². The second kappa shape index (κ2) is 6.27. The molecule has 84 valence electrons. The Labute approximate surface area is 90.6 Å². The molecule has 1 atom stereocenters. The van der Waals surface area contributed by atoms with E-state index in [1.165, 1.54) is 0 Å². The van der Waals surface area contributed by atoms with E-state index in [1.807, 2.05) is 31.2 Å². The summed E-state index contributed by atoms with van der Waals surface area (Å²) < 4.78 is 5.34. The summed E-state index contributed by atoms with van der Waals surface area (Å²) in [5.41, 5.74) is 12.1. The van der Waals surface area contributed by atoms with Gasteiger partial charge in [0.25, 0.3) is 0 Å². The molecule has 1 rings (SSSR count). The SMILES string of the molecule is CCOc1ccc(NCC(N)CN)cc1. The van der Waals surface area contributed by atoms with Gasteiger partial charge in [0.15, 0.2) is 0 Å². The highest BCUT2D eigenvalue weighted by Gasteiger charge is 1.99. The highest BCUT2D eigenvalue weighted by Crippen LogP contribution is 2.15. The third-order valence-corrected chi connectivity index (χ3v) is 2.04. The van der Waals surface area contributed by atoms with E-state index in [-0.39, 0.29) is 6.04 Å². The lowest BCUT2D eigenvalue weighted by Crippen LogP contribution is -2.36. The Bertz CT molecular complexity index is 274. The van der Waals surface area contributed by atoms with Crippen LogP contribution in [0.4, 0.5) is 5.69 Å². The number of anilines is 1. The first kappa shape index (κ1) is 11.8. The Morgan fingerprint density at radius 2 is 2.00 bits per heavy atom. The predicted octanol–water partition coefficient (Wildman–Crippen LogP) is 0.783. The molecule has 1 aromatic rings. The standard InChI is InChI=1S/C11H19N3O/c1-2-15-11-5-3-10(4-6-11)14-8-9(13)7-12/h3-6,9,14H,2,7-8,12-13H2,1H3. The minimum atomic E-state index is -0.00318. The van der Waals surface area contributed by atoms with Crippen LogP contribution < -0.4 is 21.5 Å². The van der Waals surface area contributed by atoms with Crippen molar-refractivity contribution < 1.29 is 4.74 Å². The van der Waals surface area contributed by atoms with Crippen LogP contribution in [-0.2, 0) is 0 Å². The fourth-order valence-corrected chi connectivity index (χ4v) is 1.17. The molecule has 0 amide bonds. The van der Waals surface area contributed by atoms with Crippen molar-refractivity contribution in [3.05, 3.63) is 24.3 Å². The summed E-state index contributed by atoms with van der Waals surface area (Å²) in [5.74, 6) is 0.881. The van der Waals surface area contributed by atoms with Crippen molar-refractivity contribution >= 4 is 5.69 Å². The molecule has 0 aromatic heterocycles. The number of ether oxygens (including phenoxy) is 1. The number of benzene rings is 1. The molecule has 0 radical (unpaired) electrons. The summed E-state index contributed by atoms with van der Waals surface area (Å²) >= 11 is 0. The van der Waals surface area contributed by atoms with E-state index in [9.17, 15) is 0 Å². The molecule has 0 aliphatic rings. The highest BCUT2D eigenvalue weighted by molar-refractivity contribution is 5.46. The maximum atomic E-state index is 5.69. The van der Waals surface area contributed by atoms with Crippen LogP contribution in [0.25, 0.3) is 0 Å². The monoisotopic (exact) mass is 209 g/mol. The van der Waals surface area contributed by atoms with Gasteiger partial charge < -0.3 is 21.5 Å². The molecule has 0 aliphatic carbocycles. The molecule has 0 bridgehead atoms. The normalized spacial score (nSPS) is 12.2. The van der Waals surface area contributed by atoms with Crippen LogP contribution in [0, 0.1) is 0 Å². The van der Waals surface area contributed by atoms with E-state index in [1.54, 1.807) is 0 Å². The Morgan fingerprint density at radius 1 is 1.33 bits per heavy atom. The first-order valence-electron chi connectivity index (χ1n) is 5.18. The maximum Gasteiger partial charge on any atom is 0.119 e. The molecular weight excluding hydrogens is 190 g/mol. The second-order valence-corrected chi connectivity index (χ2v) is 3.33. The van der Waals surface area contributed by atoms with E-state index in [2.05, 4.69) is 5.32 Å². The number of hydrogen-bond acceptors (Lipinski definition) is 4. The topological polar surface area (TPSA) is 73.3 Å². The quantitative estimate of drug-likeness (QED) is 0.647. The van der Waals surface area contributed by atoms with Crippen LogP contribution in [-0.4, -0.2) is 25.7 Å². The van der Waals surface area contributed by atoms with E-state index in [0.29, 0.717) is 19.7 Å². The lowest BCUT2D eigenvalue weighted by atomic mass is 10.2. The molecule has 1 unspecified atom stereocenters. The summed E-state index contributed by atoms with van der Waals surface area (Å²) in [6, 6.07) is 7.79. The Morgan fingerprint density at radius 3 is 2.53 bits per heavy atom. The number of nitrogens with one attached hydrogen (secondary N) is 1. The third-order valence-electron chi connectivity index (χ3n) is 2.04. The van der Waals surface area contributed by atoms with Gasteiger partial charge in [0, 0.05) is 24.8 Å². The molecule has 0 fully saturated rings. The van der Waals surface area contributed by atoms with Gasteiger partial charge in [-0.25, -0.2) is 0 Å². The molecule has 1 aromatic carbocycles. The second-order valence-electron chi connectivity index (χ2n) is 3.33. The molecule has 0 aliphatic heterocycles. The van der Waals surface area contributed by atoms with Crippen molar-refractivity contribution in [2.45, 2.75) is 13.0 Å². The molecule has 4 nitrogen and oxygen atoms in total. The lowest BCUT2D eigenvalue weighted by Gasteiger charge is -2.11. The van der Waals surface area contributed by atoms with Gasteiger partial charge in [-0.1, -0.05) is 0 Å². The summed E-state index contributed by atoms with van der Waals surface area (Å²) in [7, 11) is 0. The smallest absolute Gasteiger partial charge is 0.119 e. The average molecular weight is 209 g/mol. The Hall–Kier alpha value is -1.26. The van der Waals surface area contributed by atoms with Crippen molar-refractivity contribution in [1.29, 1.82) is 0 Å². The van der Waals surface area contributed by atoms with Crippen molar-refractivity contribution in [3.8, 4) is 5.75 Å². The van der Waals surface area contributed by atoms with Gasteiger partial charge in [0.1, 0.15) is 5.75 Å². The summed E-state index contributed by atoms with van der Waals surface area (Å²) in [6.07, 6.45) is 0. The fraction of sp³-hybridized carbons (Fsp3) is 0.455. The zero-order valence-electron chi connectivity index (χ0n) is 9.07. The third kappa shape index (κ3) is 4.18. The van der Waals surface area contributed by atoms with Gasteiger partial charge in [-0.15, -0.1) is 0 Å². The first-order valence-corrected chi connectivity index (χ1v) is 5.18. The molecule has 5 N–H and O–H groups in total. The molecular formula is C11H19N3O. The van der Waals surface area contributed by atoms with E-state index in [4.69, 9.17) is 16.2 Å². The Balaban J connectivity index is 2.42. The minimum Gasteiger partial charge on any atom is -0.494 e. The van der Waals surface area contributed by atoms with Crippen LogP contribution in [0.2, 0.25) is 0 Å². The van der Waals surface area contributed by atoms with Gasteiger partial charge >= 0.3 is 0 Å². The van der Waals surface area contributed by atoms with Gasteiger partial charge in [-0.3, -0.25) is 0 Å². The van der Waals surface area contributed by atoms with Gasteiger partial charge in [0.05, 0.1) is 6.61 Å². The number of nitrogens with two attached hydrogens (primary N) is 2. The minimum absolute atomic E-state index is 0.00318. The summed E-state index contributed by atoms with van der Waals surface area (Å²) in [4.78, 5) is 0. The average Bonchev–Trinajstić information content (AvgIpc) is 2.28. The molecule has 0 saturated heterocycles. The molecule has 4 heteroatoms. The van der Waals surface area contributed by atoms with Crippen LogP contribution in [0.5, 0.6) is 5.75 Å². The van der Waals surface area contributed by atoms with E-state index >= 15 is 0 Å². The van der Waals surface area contributed by atoms with Gasteiger partial charge in [-0.2, -0.15) is 0 Å². The summed E-state index contributed by atoms with van der Waals surface area (Å²) in [6.45, 7) is 3.83. The largest absolute Gasteiger partial charge is 0.494 e. The van der Waals surface area contributed by atoms with Crippen LogP contribution in [0.15, 0.2) is 24.3 Å². The van der Waals surface area contributed by atoms with Crippen molar-refractivity contribution in [3.63, 3.8) is 0 Å². The maximum absolute atomic E-state index is 5.69. The van der Waals surface area contributed by atoms with Gasteiger partial charge in [-0.05, 0) is 31.2 Å². The van der Waals surface area contributed by atoms with Crippen LogP contribution in [0.3, 0.4) is 0 Å². The molecule has 0 heterocycles. The molecule has 0 spiro atoms. The summed E-state index contributed by atoms with van der Waals surface area (Å²) in [5, 5.41) is 3.20. The lowest BCUT2D eigenvalue weighted by molar-refractivity contribution is 0.340. The predicted molar refractivity (Wildman–Crippen MR) is 63.1 cm³/mol.